The summed E-state index contributed by atoms with van der Waals surface area (Å²) in [5, 5.41) is 4.22. The van der Waals surface area contributed by atoms with Crippen LogP contribution in [0.15, 0.2) is 47.1 Å². The molecule has 6 nitrogen and oxygen atoms in total. The summed E-state index contributed by atoms with van der Waals surface area (Å²) in [4.78, 5) is 23.9. The summed E-state index contributed by atoms with van der Waals surface area (Å²) in [7, 11) is 0. The molecule has 28 heavy (non-hydrogen) atoms. The van der Waals surface area contributed by atoms with Crippen LogP contribution in [0, 0.1) is 6.92 Å². The van der Waals surface area contributed by atoms with Gasteiger partial charge in [0.15, 0.2) is 5.65 Å². The molecule has 146 valence electrons. The largest absolute Gasteiger partial charge is 0.378 e. The van der Waals surface area contributed by atoms with E-state index in [1.54, 1.807) is 11.1 Å². The second-order valence-electron chi connectivity index (χ2n) is 6.41. The number of anilines is 2. The number of fused-ring (bicyclic) bond motifs is 1. The molecule has 1 amide bonds. The number of hydrogen-bond acceptors (Lipinski definition) is 5. The molecule has 1 N–H and O–H groups in total. The molecule has 0 spiro atoms. The minimum Gasteiger partial charge on any atom is -0.378 e. The number of carbonyl (C=O) groups is 1. The van der Waals surface area contributed by atoms with E-state index in [4.69, 9.17) is 4.74 Å². The number of halogens is 2. The lowest BCUT2D eigenvalue weighted by Crippen LogP contribution is -2.41. The molecular formula is C20H20BrClN4O2. The van der Waals surface area contributed by atoms with Crippen LogP contribution in [-0.2, 0) is 4.74 Å². The van der Waals surface area contributed by atoms with Gasteiger partial charge in [-0.25, -0.2) is 9.97 Å². The monoisotopic (exact) mass is 462 g/mol. The first-order valence-electron chi connectivity index (χ1n) is 8.78. The number of aromatic nitrogens is 2. The van der Waals surface area contributed by atoms with E-state index in [9.17, 15) is 4.79 Å². The molecule has 1 fully saturated rings. The van der Waals surface area contributed by atoms with Crippen molar-refractivity contribution in [3.63, 3.8) is 0 Å². The zero-order valence-electron chi connectivity index (χ0n) is 15.3. The summed E-state index contributed by atoms with van der Waals surface area (Å²) < 4.78 is 6.36. The third-order valence-electron chi connectivity index (χ3n) is 4.51. The van der Waals surface area contributed by atoms with Crippen LogP contribution in [0.3, 0.4) is 0 Å². The lowest BCUT2D eigenvalue weighted by molar-refractivity contribution is 0.0303. The van der Waals surface area contributed by atoms with Gasteiger partial charge >= 0.3 is 0 Å². The molecule has 0 saturated carbocycles. The fraction of sp³-hybridized carbons (Fsp3) is 0.250. The number of amides is 1. The predicted molar refractivity (Wildman–Crippen MR) is 116 cm³/mol. The number of morpholine rings is 1. The predicted octanol–water partition coefficient (Wildman–Crippen LogP) is 4.34. The number of ether oxygens (including phenoxy) is 1. The lowest BCUT2D eigenvalue weighted by Gasteiger charge is -2.27. The topological polar surface area (TPSA) is 67.4 Å². The van der Waals surface area contributed by atoms with Gasteiger partial charge in [-0.15, -0.1) is 12.4 Å². The van der Waals surface area contributed by atoms with Crippen molar-refractivity contribution in [1.82, 2.24) is 14.9 Å². The number of benzene rings is 1. The van der Waals surface area contributed by atoms with Crippen LogP contribution in [0.5, 0.6) is 0 Å². The van der Waals surface area contributed by atoms with E-state index in [0.717, 1.165) is 26.9 Å². The van der Waals surface area contributed by atoms with Crippen molar-refractivity contribution >= 4 is 56.7 Å². The molecule has 8 heteroatoms. The average Bonchev–Trinajstić information content (AvgIpc) is 2.70. The van der Waals surface area contributed by atoms with Crippen LogP contribution >= 0.6 is 28.3 Å². The summed E-state index contributed by atoms with van der Waals surface area (Å²) in [6, 6.07) is 11.7. The fourth-order valence-corrected chi connectivity index (χ4v) is 3.35. The van der Waals surface area contributed by atoms with Crippen LogP contribution in [0.25, 0.3) is 11.0 Å². The van der Waals surface area contributed by atoms with E-state index in [2.05, 4.69) is 31.2 Å². The van der Waals surface area contributed by atoms with Crippen molar-refractivity contribution in [3.8, 4) is 0 Å². The molecule has 2 aromatic heterocycles. The molecule has 0 bridgehead atoms. The summed E-state index contributed by atoms with van der Waals surface area (Å²) >= 11 is 3.45. The van der Waals surface area contributed by atoms with Crippen LogP contribution in [0.1, 0.15) is 16.1 Å². The Morgan fingerprint density at radius 3 is 2.57 bits per heavy atom. The highest BCUT2D eigenvalue weighted by Crippen LogP contribution is 2.30. The minimum atomic E-state index is -0.0483. The van der Waals surface area contributed by atoms with E-state index in [0.29, 0.717) is 37.5 Å². The molecular weight excluding hydrogens is 444 g/mol. The van der Waals surface area contributed by atoms with Gasteiger partial charge < -0.3 is 15.0 Å². The second kappa shape index (κ2) is 8.86. The van der Waals surface area contributed by atoms with Crippen molar-refractivity contribution in [2.75, 3.05) is 31.6 Å². The Morgan fingerprint density at radius 1 is 1.14 bits per heavy atom. The first-order valence-corrected chi connectivity index (χ1v) is 9.57. The number of rotatable bonds is 3. The molecule has 3 aromatic rings. The normalized spacial score (nSPS) is 13.9. The standard InChI is InChI=1S/C20H19BrN4O2.ClH/c1-13-2-7-16-18(24-15-5-3-14(21)4-6-15)17(12-22-19(16)23-13)20(26)25-8-10-27-11-9-25;/h2-7,12H,8-11H2,1H3,(H,22,23,24);1H. The van der Waals surface area contributed by atoms with E-state index >= 15 is 0 Å². The molecule has 1 aliphatic rings. The average molecular weight is 464 g/mol. The Morgan fingerprint density at radius 2 is 1.86 bits per heavy atom. The van der Waals surface area contributed by atoms with Crippen LogP contribution < -0.4 is 5.32 Å². The number of nitrogens with one attached hydrogen (secondary N) is 1. The van der Waals surface area contributed by atoms with E-state index in [1.807, 2.05) is 43.3 Å². The van der Waals surface area contributed by atoms with Crippen LogP contribution in [-0.4, -0.2) is 47.1 Å². The third-order valence-corrected chi connectivity index (χ3v) is 5.04. The molecule has 3 heterocycles. The zero-order valence-corrected chi connectivity index (χ0v) is 17.7. The van der Waals surface area contributed by atoms with Gasteiger partial charge in [-0.3, -0.25) is 4.79 Å². The summed E-state index contributed by atoms with van der Waals surface area (Å²) in [6.45, 7) is 4.21. The fourth-order valence-electron chi connectivity index (χ4n) is 3.08. The Hall–Kier alpha value is -2.22. The van der Waals surface area contributed by atoms with Crippen molar-refractivity contribution in [2.24, 2.45) is 0 Å². The van der Waals surface area contributed by atoms with Gasteiger partial charge in [0.25, 0.3) is 5.91 Å². The smallest absolute Gasteiger partial charge is 0.257 e. The number of hydrogen-bond donors (Lipinski definition) is 1. The Bertz CT molecular complexity index is 991. The van der Waals surface area contributed by atoms with Crippen molar-refractivity contribution in [1.29, 1.82) is 0 Å². The van der Waals surface area contributed by atoms with Gasteiger partial charge in [-0.1, -0.05) is 15.9 Å². The zero-order chi connectivity index (χ0) is 18.8. The SMILES string of the molecule is Cc1ccc2c(Nc3ccc(Br)cc3)c(C(=O)N3CCOCC3)cnc2n1.Cl. The van der Waals surface area contributed by atoms with E-state index in [-0.39, 0.29) is 18.3 Å². The summed E-state index contributed by atoms with van der Waals surface area (Å²) in [6.07, 6.45) is 1.62. The maximum atomic E-state index is 13.1. The van der Waals surface area contributed by atoms with Crippen molar-refractivity contribution in [2.45, 2.75) is 6.92 Å². The minimum absolute atomic E-state index is 0. The molecule has 0 radical (unpaired) electrons. The first kappa shape index (κ1) is 20.5. The highest BCUT2D eigenvalue weighted by molar-refractivity contribution is 9.10. The van der Waals surface area contributed by atoms with Gasteiger partial charge in [-0.2, -0.15) is 0 Å². The van der Waals surface area contributed by atoms with Crippen molar-refractivity contribution in [3.05, 3.63) is 58.3 Å². The van der Waals surface area contributed by atoms with Gasteiger partial charge in [0, 0.05) is 40.5 Å². The Labute approximate surface area is 177 Å². The molecule has 0 unspecified atom stereocenters. The second-order valence-corrected chi connectivity index (χ2v) is 7.32. The maximum absolute atomic E-state index is 13.1. The molecule has 1 aromatic carbocycles. The van der Waals surface area contributed by atoms with Gasteiger partial charge in [0.1, 0.15) is 0 Å². The number of aryl methyl sites for hydroxylation is 1. The quantitative estimate of drug-likeness (QED) is 0.626. The molecule has 0 atom stereocenters. The lowest BCUT2D eigenvalue weighted by atomic mass is 10.1. The Kier molecular flexibility index (Phi) is 6.49. The molecule has 0 aliphatic carbocycles. The number of carbonyl (C=O) groups excluding carboxylic acids is 1. The molecule has 4 rings (SSSR count). The molecule has 1 saturated heterocycles. The highest BCUT2D eigenvalue weighted by atomic mass is 79.9. The van der Waals surface area contributed by atoms with Crippen LogP contribution in [0.4, 0.5) is 11.4 Å². The number of nitrogens with zero attached hydrogens (tertiary/aromatic N) is 3. The first-order chi connectivity index (χ1) is 13.1. The van der Waals surface area contributed by atoms with Gasteiger partial charge in [0.2, 0.25) is 0 Å². The maximum Gasteiger partial charge on any atom is 0.257 e. The number of pyridine rings is 2. The van der Waals surface area contributed by atoms with Crippen molar-refractivity contribution < 1.29 is 9.53 Å². The van der Waals surface area contributed by atoms with Gasteiger partial charge in [-0.05, 0) is 43.3 Å². The third kappa shape index (κ3) is 4.27. The van der Waals surface area contributed by atoms with Gasteiger partial charge in [0.05, 0.1) is 24.5 Å². The molecule has 1 aliphatic heterocycles. The Balaban J connectivity index is 0.00000225. The summed E-state index contributed by atoms with van der Waals surface area (Å²) in [5.41, 5.74) is 3.66. The highest BCUT2D eigenvalue weighted by Gasteiger charge is 2.23. The van der Waals surface area contributed by atoms with E-state index < -0.39 is 0 Å². The summed E-state index contributed by atoms with van der Waals surface area (Å²) in [5.74, 6) is -0.0483. The van der Waals surface area contributed by atoms with E-state index in [1.165, 1.54) is 0 Å². The van der Waals surface area contributed by atoms with Crippen LogP contribution in [0.2, 0.25) is 0 Å².